The number of hydrogen-bond acceptors (Lipinski definition) is 6. The molecule has 3 aromatic rings. The Morgan fingerprint density at radius 2 is 1.79 bits per heavy atom. The van der Waals surface area contributed by atoms with E-state index in [1.54, 1.807) is 49.6 Å². The van der Waals surface area contributed by atoms with E-state index in [9.17, 15) is 18.5 Å². The van der Waals surface area contributed by atoms with Crippen LogP contribution in [0.15, 0.2) is 59.8 Å². The van der Waals surface area contributed by atoms with E-state index in [2.05, 4.69) is 10.3 Å². The molecule has 2 aromatic carbocycles. The van der Waals surface area contributed by atoms with Gasteiger partial charge in [-0.2, -0.15) is 4.31 Å². The van der Waals surface area contributed by atoms with Crippen LogP contribution >= 0.6 is 0 Å². The van der Waals surface area contributed by atoms with Crippen molar-refractivity contribution in [2.24, 2.45) is 0 Å². The predicted octanol–water partition coefficient (Wildman–Crippen LogP) is 3.78. The SMILES string of the molecule is CC(C)N(C)S(=O)(=O)c1ccc(CNc2ccc([N+](=O)[O-])c3cnccc23)cc1. The first-order chi connectivity index (χ1) is 13.7. The molecule has 29 heavy (non-hydrogen) atoms. The summed E-state index contributed by atoms with van der Waals surface area (Å²) in [6.45, 7) is 4.08. The molecule has 0 bridgehead atoms. The smallest absolute Gasteiger partial charge is 0.278 e. The van der Waals surface area contributed by atoms with Crippen molar-refractivity contribution >= 4 is 32.2 Å². The van der Waals surface area contributed by atoms with Crippen LogP contribution in [0.4, 0.5) is 11.4 Å². The Morgan fingerprint density at radius 3 is 2.41 bits per heavy atom. The van der Waals surface area contributed by atoms with E-state index in [0.29, 0.717) is 17.3 Å². The van der Waals surface area contributed by atoms with Gasteiger partial charge in [-0.3, -0.25) is 15.1 Å². The number of non-ortho nitro benzene ring substituents is 1. The molecule has 0 unspecified atom stereocenters. The third kappa shape index (κ3) is 4.20. The molecular weight excluding hydrogens is 392 g/mol. The van der Waals surface area contributed by atoms with Gasteiger partial charge in [0.15, 0.2) is 0 Å². The maximum atomic E-state index is 12.5. The molecule has 1 N–H and O–H groups in total. The number of hydrogen-bond donors (Lipinski definition) is 1. The lowest BCUT2D eigenvalue weighted by Gasteiger charge is -2.21. The summed E-state index contributed by atoms with van der Waals surface area (Å²) in [4.78, 5) is 15.0. The first kappa shape index (κ1) is 20.7. The molecule has 0 saturated carbocycles. The number of pyridine rings is 1. The number of benzene rings is 2. The molecule has 0 aliphatic carbocycles. The number of aromatic nitrogens is 1. The van der Waals surface area contributed by atoms with Crippen molar-refractivity contribution in [2.75, 3.05) is 12.4 Å². The van der Waals surface area contributed by atoms with E-state index in [0.717, 1.165) is 11.3 Å². The highest BCUT2D eigenvalue weighted by Crippen LogP contribution is 2.31. The summed E-state index contributed by atoms with van der Waals surface area (Å²) in [5.74, 6) is 0. The minimum Gasteiger partial charge on any atom is -0.380 e. The molecule has 0 aliphatic heterocycles. The standard InChI is InChI=1S/C20H22N4O4S/c1-14(2)23(3)29(27,28)16-6-4-15(5-7-16)12-22-19-8-9-20(24(25)26)18-13-21-11-10-17(18)19/h4-11,13-14,22H,12H2,1-3H3. The molecular formula is C20H22N4O4S. The molecule has 8 nitrogen and oxygen atoms in total. The van der Waals surface area contributed by atoms with Crippen LogP contribution in [0.3, 0.4) is 0 Å². The Balaban J connectivity index is 1.81. The van der Waals surface area contributed by atoms with Crippen LogP contribution in [-0.4, -0.2) is 35.7 Å². The zero-order valence-electron chi connectivity index (χ0n) is 16.4. The van der Waals surface area contributed by atoms with Crippen molar-refractivity contribution in [1.82, 2.24) is 9.29 Å². The second kappa shape index (κ2) is 8.14. The van der Waals surface area contributed by atoms with Gasteiger partial charge in [0.1, 0.15) is 0 Å². The fraction of sp³-hybridized carbons (Fsp3) is 0.250. The number of fused-ring (bicyclic) bond motifs is 1. The number of sulfonamides is 1. The predicted molar refractivity (Wildman–Crippen MR) is 112 cm³/mol. The molecule has 3 rings (SSSR count). The van der Waals surface area contributed by atoms with Gasteiger partial charge in [-0.25, -0.2) is 8.42 Å². The minimum atomic E-state index is -3.52. The highest BCUT2D eigenvalue weighted by Gasteiger charge is 2.22. The largest absolute Gasteiger partial charge is 0.380 e. The van der Waals surface area contributed by atoms with Crippen LogP contribution in [0.2, 0.25) is 0 Å². The van der Waals surface area contributed by atoms with E-state index in [4.69, 9.17) is 0 Å². The zero-order valence-corrected chi connectivity index (χ0v) is 17.2. The molecule has 0 fully saturated rings. The summed E-state index contributed by atoms with van der Waals surface area (Å²) < 4.78 is 26.4. The van der Waals surface area contributed by atoms with Crippen LogP contribution in [0.1, 0.15) is 19.4 Å². The van der Waals surface area contributed by atoms with Crippen molar-refractivity contribution in [1.29, 1.82) is 0 Å². The van der Waals surface area contributed by atoms with E-state index < -0.39 is 14.9 Å². The lowest BCUT2D eigenvalue weighted by atomic mass is 10.1. The maximum absolute atomic E-state index is 12.5. The molecule has 0 radical (unpaired) electrons. The molecule has 152 valence electrons. The average Bonchev–Trinajstić information content (AvgIpc) is 2.71. The first-order valence-corrected chi connectivity index (χ1v) is 10.5. The molecule has 0 spiro atoms. The van der Waals surface area contributed by atoms with Gasteiger partial charge in [-0.15, -0.1) is 0 Å². The monoisotopic (exact) mass is 414 g/mol. The lowest BCUT2D eigenvalue weighted by molar-refractivity contribution is -0.383. The Labute approximate surface area is 169 Å². The second-order valence-corrected chi connectivity index (χ2v) is 8.92. The van der Waals surface area contributed by atoms with Crippen LogP contribution in [0.5, 0.6) is 0 Å². The fourth-order valence-corrected chi connectivity index (χ4v) is 4.28. The summed E-state index contributed by atoms with van der Waals surface area (Å²) in [5.41, 5.74) is 1.63. The van der Waals surface area contributed by atoms with Crippen molar-refractivity contribution < 1.29 is 13.3 Å². The average molecular weight is 414 g/mol. The molecule has 0 saturated heterocycles. The van der Waals surface area contributed by atoms with E-state index in [-0.39, 0.29) is 16.6 Å². The van der Waals surface area contributed by atoms with Gasteiger partial charge in [-0.05, 0) is 43.7 Å². The number of rotatable bonds is 7. The van der Waals surface area contributed by atoms with Gasteiger partial charge in [0, 0.05) is 49.2 Å². The normalized spacial score (nSPS) is 11.9. The number of nitrogens with one attached hydrogen (secondary N) is 1. The highest BCUT2D eigenvalue weighted by atomic mass is 32.2. The van der Waals surface area contributed by atoms with Gasteiger partial charge in [0.25, 0.3) is 5.69 Å². The number of nitro groups is 1. The molecule has 0 aliphatic rings. The maximum Gasteiger partial charge on any atom is 0.278 e. The third-order valence-electron chi connectivity index (χ3n) is 4.80. The van der Waals surface area contributed by atoms with Crippen LogP contribution in [-0.2, 0) is 16.6 Å². The van der Waals surface area contributed by atoms with E-state index >= 15 is 0 Å². The van der Waals surface area contributed by atoms with Gasteiger partial charge < -0.3 is 5.32 Å². The highest BCUT2D eigenvalue weighted by molar-refractivity contribution is 7.89. The molecule has 1 aromatic heterocycles. The Hall–Kier alpha value is -3.04. The summed E-state index contributed by atoms with van der Waals surface area (Å²) in [6, 6.07) is 11.4. The van der Waals surface area contributed by atoms with Crippen molar-refractivity contribution in [3.8, 4) is 0 Å². The van der Waals surface area contributed by atoms with Crippen LogP contribution < -0.4 is 5.32 Å². The summed E-state index contributed by atoms with van der Waals surface area (Å²) in [5, 5.41) is 15.6. The van der Waals surface area contributed by atoms with Gasteiger partial charge >= 0.3 is 0 Å². The van der Waals surface area contributed by atoms with Crippen molar-refractivity contribution in [2.45, 2.75) is 31.3 Å². The Kier molecular flexibility index (Phi) is 5.81. The summed E-state index contributed by atoms with van der Waals surface area (Å²) in [6.07, 6.45) is 3.06. The topological polar surface area (TPSA) is 105 Å². The van der Waals surface area contributed by atoms with Gasteiger partial charge in [0.05, 0.1) is 15.2 Å². The number of nitrogens with zero attached hydrogens (tertiary/aromatic N) is 3. The first-order valence-electron chi connectivity index (χ1n) is 9.04. The Morgan fingerprint density at radius 1 is 1.10 bits per heavy atom. The zero-order chi connectivity index (χ0) is 21.2. The minimum absolute atomic E-state index is 0.00230. The molecule has 0 amide bonds. The van der Waals surface area contributed by atoms with Crippen molar-refractivity contribution in [3.63, 3.8) is 0 Å². The van der Waals surface area contributed by atoms with Crippen molar-refractivity contribution in [3.05, 3.63) is 70.5 Å². The van der Waals surface area contributed by atoms with E-state index in [1.807, 2.05) is 13.8 Å². The summed E-state index contributed by atoms with van der Waals surface area (Å²) >= 11 is 0. The van der Waals surface area contributed by atoms with E-state index in [1.165, 1.54) is 16.6 Å². The third-order valence-corrected chi connectivity index (χ3v) is 6.85. The number of anilines is 1. The second-order valence-electron chi connectivity index (χ2n) is 6.92. The lowest BCUT2D eigenvalue weighted by Crippen LogP contribution is -2.33. The Bertz CT molecular complexity index is 1140. The quantitative estimate of drug-likeness (QED) is 0.466. The van der Waals surface area contributed by atoms with Crippen LogP contribution in [0, 0.1) is 10.1 Å². The molecule has 9 heteroatoms. The molecule has 0 atom stereocenters. The fourth-order valence-electron chi connectivity index (χ4n) is 2.91. The van der Waals surface area contributed by atoms with Gasteiger partial charge in [0.2, 0.25) is 10.0 Å². The van der Waals surface area contributed by atoms with Crippen LogP contribution in [0.25, 0.3) is 10.8 Å². The molecule has 1 heterocycles. The van der Waals surface area contributed by atoms with Gasteiger partial charge in [-0.1, -0.05) is 12.1 Å². The number of nitro benzene ring substituents is 1. The summed E-state index contributed by atoms with van der Waals surface area (Å²) in [7, 11) is -1.96.